The maximum absolute atomic E-state index is 13.7. The molecule has 0 unspecified atom stereocenters. The Balaban J connectivity index is 2.27. The molecule has 4 nitrogen and oxygen atoms in total. The number of nitrogens with zero attached hydrogens (tertiary/aromatic N) is 2. The quantitative estimate of drug-likeness (QED) is 0.887. The van der Waals surface area contributed by atoms with Gasteiger partial charge in [-0.3, -0.25) is 0 Å². The van der Waals surface area contributed by atoms with Crippen molar-refractivity contribution in [1.82, 2.24) is 9.97 Å². The van der Waals surface area contributed by atoms with Gasteiger partial charge in [-0.05, 0) is 30.7 Å². The van der Waals surface area contributed by atoms with Crippen LogP contribution >= 0.6 is 0 Å². The summed E-state index contributed by atoms with van der Waals surface area (Å²) in [6.45, 7) is 1.80. The van der Waals surface area contributed by atoms with E-state index in [0.29, 0.717) is 17.9 Å². The molecule has 2 aromatic rings. The number of aryl methyl sites for hydroxylation is 1. The zero-order valence-corrected chi connectivity index (χ0v) is 9.22. The second-order valence-corrected chi connectivity index (χ2v) is 3.39. The molecule has 1 N–H and O–H groups in total. The van der Waals surface area contributed by atoms with E-state index in [9.17, 15) is 4.39 Å². The highest BCUT2D eigenvalue weighted by molar-refractivity contribution is 5.33. The number of rotatable bonds is 3. The van der Waals surface area contributed by atoms with Crippen LogP contribution in [0, 0.1) is 5.82 Å². The van der Waals surface area contributed by atoms with Gasteiger partial charge in [-0.15, -0.1) is 0 Å². The first-order valence-corrected chi connectivity index (χ1v) is 5.17. The van der Waals surface area contributed by atoms with Gasteiger partial charge in [-0.25, -0.2) is 4.98 Å². The zero-order valence-electron chi connectivity index (χ0n) is 9.22. The van der Waals surface area contributed by atoms with Crippen molar-refractivity contribution >= 4 is 0 Å². The van der Waals surface area contributed by atoms with Crippen LogP contribution in [0.2, 0.25) is 0 Å². The fourth-order valence-electron chi connectivity index (χ4n) is 1.33. The van der Waals surface area contributed by atoms with E-state index in [-0.39, 0.29) is 11.6 Å². The second kappa shape index (κ2) is 4.78. The highest BCUT2D eigenvalue weighted by atomic mass is 19.1. The van der Waals surface area contributed by atoms with Gasteiger partial charge in [0.1, 0.15) is 17.8 Å². The molecule has 0 amide bonds. The molecule has 88 valence electrons. The Morgan fingerprint density at radius 3 is 2.59 bits per heavy atom. The molecular formula is C12H11FN2O2. The minimum atomic E-state index is -0.553. The highest BCUT2D eigenvalue weighted by Gasteiger charge is 2.11. The summed E-state index contributed by atoms with van der Waals surface area (Å²) >= 11 is 0. The largest absolute Gasteiger partial charge is 0.508 e. The third-order valence-corrected chi connectivity index (χ3v) is 2.22. The summed E-state index contributed by atoms with van der Waals surface area (Å²) in [5.41, 5.74) is 0.314. The van der Waals surface area contributed by atoms with Crippen molar-refractivity contribution in [3.8, 4) is 17.4 Å². The number of hydrogen-bond donors (Lipinski definition) is 1. The van der Waals surface area contributed by atoms with E-state index in [1.165, 1.54) is 30.6 Å². The number of ether oxygens (including phenoxy) is 1. The molecule has 0 aliphatic rings. The fourth-order valence-corrected chi connectivity index (χ4v) is 1.33. The fraction of sp³-hybridized carbons (Fsp3) is 0.167. The van der Waals surface area contributed by atoms with E-state index in [4.69, 9.17) is 9.84 Å². The van der Waals surface area contributed by atoms with Crippen LogP contribution in [0.15, 0.2) is 30.6 Å². The minimum absolute atomic E-state index is 0.109. The molecule has 0 aliphatic heterocycles. The summed E-state index contributed by atoms with van der Waals surface area (Å²) in [4.78, 5) is 7.54. The monoisotopic (exact) mass is 234 g/mol. The number of benzene rings is 1. The molecular weight excluding hydrogens is 223 g/mol. The number of aromatic hydroxyl groups is 1. The van der Waals surface area contributed by atoms with Crippen molar-refractivity contribution in [2.75, 3.05) is 0 Å². The SMILES string of the molecule is CCc1ncnc(Oc2ccc(O)cc2)c1F. The van der Waals surface area contributed by atoms with E-state index >= 15 is 0 Å². The van der Waals surface area contributed by atoms with Crippen LogP contribution in [0.1, 0.15) is 12.6 Å². The Hall–Kier alpha value is -2.17. The number of aromatic nitrogens is 2. The average molecular weight is 234 g/mol. The predicted molar refractivity (Wildman–Crippen MR) is 59.5 cm³/mol. The predicted octanol–water partition coefficient (Wildman–Crippen LogP) is 2.68. The van der Waals surface area contributed by atoms with Crippen molar-refractivity contribution in [2.45, 2.75) is 13.3 Å². The van der Waals surface area contributed by atoms with Gasteiger partial charge < -0.3 is 9.84 Å². The van der Waals surface area contributed by atoms with E-state index in [2.05, 4.69) is 9.97 Å². The topological polar surface area (TPSA) is 55.2 Å². The molecule has 1 heterocycles. The summed E-state index contributed by atoms with van der Waals surface area (Å²) in [6.07, 6.45) is 1.73. The maximum Gasteiger partial charge on any atom is 0.259 e. The van der Waals surface area contributed by atoms with Gasteiger partial charge in [-0.2, -0.15) is 9.37 Å². The van der Waals surface area contributed by atoms with Gasteiger partial charge in [0.05, 0.1) is 5.69 Å². The van der Waals surface area contributed by atoms with Crippen LogP contribution in [0.4, 0.5) is 4.39 Å². The van der Waals surface area contributed by atoms with E-state index in [0.717, 1.165) is 0 Å². The Kier molecular flexibility index (Phi) is 3.18. The smallest absolute Gasteiger partial charge is 0.259 e. The minimum Gasteiger partial charge on any atom is -0.508 e. The Morgan fingerprint density at radius 1 is 1.24 bits per heavy atom. The standard InChI is InChI=1S/C12H11FN2O2/c1-2-10-11(13)12(15-7-14-10)17-9-5-3-8(16)4-6-9/h3-7,16H,2H2,1H3. The first kappa shape index (κ1) is 11.3. The molecule has 0 atom stereocenters. The first-order chi connectivity index (χ1) is 8.20. The zero-order chi connectivity index (χ0) is 12.3. The van der Waals surface area contributed by atoms with Crippen LogP contribution in [0.25, 0.3) is 0 Å². The van der Waals surface area contributed by atoms with E-state index < -0.39 is 5.82 Å². The lowest BCUT2D eigenvalue weighted by Crippen LogP contribution is -1.99. The normalized spacial score (nSPS) is 10.2. The molecule has 0 bridgehead atoms. The molecule has 1 aromatic heterocycles. The van der Waals surface area contributed by atoms with E-state index in [1.54, 1.807) is 6.92 Å². The third kappa shape index (κ3) is 2.50. The van der Waals surface area contributed by atoms with Crippen LogP contribution in [0.3, 0.4) is 0 Å². The molecule has 5 heteroatoms. The average Bonchev–Trinajstić information content (AvgIpc) is 2.35. The van der Waals surface area contributed by atoms with Crippen LogP contribution < -0.4 is 4.74 Å². The van der Waals surface area contributed by atoms with Gasteiger partial charge >= 0.3 is 0 Å². The van der Waals surface area contributed by atoms with Crippen LogP contribution in [-0.4, -0.2) is 15.1 Å². The number of halogens is 1. The molecule has 17 heavy (non-hydrogen) atoms. The lowest BCUT2D eigenvalue weighted by molar-refractivity contribution is 0.413. The summed E-state index contributed by atoms with van der Waals surface area (Å²) in [6, 6.07) is 5.97. The Bertz CT molecular complexity index is 514. The van der Waals surface area contributed by atoms with Crippen molar-refractivity contribution in [2.24, 2.45) is 0 Å². The Labute approximate surface area is 97.7 Å². The highest BCUT2D eigenvalue weighted by Crippen LogP contribution is 2.24. The summed E-state index contributed by atoms with van der Waals surface area (Å²) in [5.74, 6) is -0.136. The lowest BCUT2D eigenvalue weighted by Gasteiger charge is -2.06. The molecule has 0 saturated heterocycles. The molecule has 0 radical (unpaired) electrons. The summed E-state index contributed by atoms with van der Waals surface area (Å²) < 4.78 is 19.0. The molecule has 1 aromatic carbocycles. The van der Waals surface area contributed by atoms with Crippen LogP contribution in [0.5, 0.6) is 17.4 Å². The van der Waals surface area contributed by atoms with Gasteiger partial charge in [0.15, 0.2) is 0 Å². The lowest BCUT2D eigenvalue weighted by atomic mass is 10.3. The molecule has 2 rings (SSSR count). The van der Waals surface area contributed by atoms with Crippen molar-refractivity contribution in [3.63, 3.8) is 0 Å². The van der Waals surface area contributed by atoms with Gasteiger partial charge in [0.25, 0.3) is 5.88 Å². The van der Waals surface area contributed by atoms with Gasteiger partial charge in [0, 0.05) is 0 Å². The third-order valence-electron chi connectivity index (χ3n) is 2.22. The first-order valence-electron chi connectivity index (χ1n) is 5.17. The van der Waals surface area contributed by atoms with Gasteiger partial charge in [-0.1, -0.05) is 6.92 Å². The summed E-state index contributed by atoms with van der Waals surface area (Å²) in [5, 5.41) is 9.10. The number of hydrogen-bond acceptors (Lipinski definition) is 4. The number of phenols is 1. The maximum atomic E-state index is 13.7. The molecule has 0 fully saturated rings. The van der Waals surface area contributed by atoms with Crippen molar-refractivity contribution in [3.05, 3.63) is 42.1 Å². The second-order valence-electron chi connectivity index (χ2n) is 3.39. The van der Waals surface area contributed by atoms with Crippen molar-refractivity contribution in [1.29, 1.82) is 0 Å². The number of phenolic OH excluding ortho intramolecular Hbond substituents is 1. The molecule has 0 spiro atoms. The summed E-state index contributed by atoms with van der Waals surface area (Å²) in [7, 11) is 0. The van der Waals surface area contributed by atoms with Gasteiger partial charge in [0.2, 0.25) is 5.82 Å². The molecule has 0 aliphatic carbocycles. The van der Waals surface area contributed by atoms with Crippen molar-refractivity contribution < 1.29 is 14.2 Å². The van der Waals surface area contributed by atoms with Crippen LogP contribution in [-0.2, 0) is 6.42 Å². The van der Waals surface area contributed by atoms with E-state index in [1.807, 2.05) is 0 Å². The molecule has 0 saturated carbocycles. The Morgan fingerprint density at radius 2 is 1.94 bits per heavy atom.